The van der Waals surface area contributed by atoms with Gasteiger partial charge in [0.05, 0.1) is 0 Å². The van der Waals surface area contributed by atoms with E-state index in [0.717, 1.165) is 6.42 Å². The summed E-state index contributed by atoms with van der Waals surface area (Å²) in [5.74, 6) is 0.466. The van der Waals surface area contributed by atoms with Crippen molar-refractivity contribution < 1.29 is 9.90 Å². The summed E-state index contributed by atoms with van der Waals surface area (Å²) in [6, 6.07) is 0. The molecule has 2 unspecified atom stereocenters. The van der Waals surface area contributed by atoms with Crippen LogP contribution in [-0.4, -0.2) is 16.5 Å². The van der Waals surface area contributed by atoms with Crippen LogP contribution in [0, 0.1) is 11.3 Å². The van der Waals surface area contributed by atoms with Crippen molar-refractivity contribution in [3.05, 3.63) is 0 Å². The number of rotatable bonds is 0. The van der Waals surface area contributed by atoms with Gasteiger partial charge in [0.1, 0.15) is 5.60 Å². The van der Waals surface area contributed by atoms with Gasteiger partial charge < -0.3 is 5.11 Å². The van der Waals surface area contributed by atoms with Gasteiger partial charge in [-0.05, 0) is 31.1 Å². The third-order valence-corrected chi connectivity index (χ3v) is 3.19. The Morgan fingerprint density at radius 3 is 2.38 bits per heavy atom. The summed E-state index contributed by atoms with van der Waals surface area (Å²) >= 11 is 0. The maximum atomic E-state index is 11.3. The molecule has 0 aromatic rings. The molecule has 0 saturated heterocycles. The van der Waals surface area contributed by atoms with Crippen LogP contribution in [0.1, 0.15) is 47.0 Å². The van der Waals surface area contributed by atoms with E-state index in [1.165, 1.54) is 0 Å². The van der Waals surface area contributed by atoms with Crippen LogP contribution < -0.4 is 0 Å². The Morgan fingerprint density at radius 2 is 2.00 bits per heavy atom. The van der Waals surface area contributed by atoms with Gasteiger partial charge in [0.2, 0.25) is 0 Å². The second-order valence-electron chi connectivity index (χ2n) is 5.50. The first-order valence-corrected chi connectivity index (χ1v) is 4.99. The number of hydrogen-bond acceptors (Lipinski definition) is 2. The first-order chi connectivity index (χ1) is 5.73. The molecule has 76 valence electrons. The topological polar surface area (TPSA) is 37.3 Å². The highest BCUT2D eigenvalue weighted by Crippen LogP contribution is 2.40. The second-order valence-corrected chi connectivity index (χ2v) is 5.50. The summed E-state index contributed by atoms with van der Waals surface area (Å²) in [6.45, 7) is 8.16. The third-order valence-electron chi connectivity index (χ3n) is 3.19. The molecule has 1 aliphatic carbocycles. The fourth-order valence-corrected chi connectivity index (χ4v) is 2.01. The number of carbonyl (C=O) groups excluding carboxylic acids is 1. The van der Waals surface area contributed by atoms with Crippen LogP contribution in [0.5, 0.6) is 0 Å². The van der Waals surface area contributed by atoms with Crippen molar-refractivity contribution in [2.24, 2.45) is 11.3 Å². The van der Waals surface area contributed by atoms with E-state index < -0.39 is 5.60 Å². The Morgan fingerprint density at radius 1 is 1.46 bits per heavy atom. The molecule has 0 aromatic heterocycles. The average Bonchev–Trinajstić information content (AvgIpc) is 1.92. The minimum absolute atomic E-state index is 0.00741. The van der Waals surface area contributed by atoms with Gasteiger partial charge in [-0.15, -0.1) is 0 Å². The van der Waals surface area contributed by atoms with E-state index in [1.54, 1.807) is 6.92 Å². The number of Topliss-reactive ketones (excluding diaryl/α,β-unsaturated/α-hetero) is 1. The molecule has 0 aliphatic heterocycles. The summed E-state index contributed by atoms with van der Waals surface area (Å²) in [5.41, 5.74) is -0.874. The zero-order valence-electron chi connectivity index (χ0n) is 9.05. The van der Waals surface area contributed by atoms with E-state index in [0.29, 0.717) is 18.8 Å². The molecule has 1 fully saturated rings. The van der Waals surface area contributed by atoms with Crippen molar-refractivity contribution >= 4 is 5.78 Å². The highest BCUT2D eigenvalue weighted by atomic mass is 16.3. The van der Waals surface area contributed by atoms with Crippen LogP contribution >= 0.6 is 0 Å². The zero-order chi connectivity index (χ0) is 10.3. The third kappa shape index (κ3) is 2.31. The molecule has 1 rings (SSSR count). The number of ketones is 1. The predicted molar refractivity (Wildman–Crippen MR) is 52.4 cm³/mol. The van der Waals surface area contributed by atoms with Gasteiger partial charge in [-0.2, -0.15) is 0 Å². The van der Waals surface area contributed by atoms with E-state index in [1.807, 2.05) is 0 Å². The van der Waals surface area contributed by atoms with Gasteiger partial charge in [-0.25, -0.2) is 0 Å². The quantitative estimate of drug-likeness (QED) is 0.626. The van der Waals surface area contributed by atoms with Gasteiger partial charge in [-0.3, -0.25) is 4.79 Å². The van der Waals surface area contributed by atoms with Crippen molar-refractivity contribution in [1.29, 1.82) is 0 Å². The van der Waals surface area contributed by atoms with Crippen molar-refractivity contribution in [3.8, 4) is 0 Å². The summed E-state index contributed by atoms with van der Waals surface area (Å²) in [4.78, 5) is 11.3. The SMILES string of the molecule is CC1(O)CC(C(C)(C)C)CCC1=O. The Hall–Kier alpha value is -0.370. The van der Waals surface area contributed by atoms with Crippen LogP contribution in [0.3, 0.4) is 0 Å². The molecule has 0 radical (unpaired) electrons. The largest absolute Gasteiger partial charge is 0.382 e. The van der Waals surface area contributed by atoms with Crippen molar-refractivity contribution in [1.82, 2.24) is 0 Å². The molecule has 0 bridgehead atoms. The smallest absolute Gasteiger partial charge is 0.164 e. The van der Waals surface area contributed by atoms with E-state index in [2.05, 4.69) is 20.8 Å². The van der Waals surface area contributed by atoms with Crippen molar-refractivity contribution in [2.45, 2.75) is 52.6 Å². The Balaban J connectivity index is 2.72. The zero-order valence-corrected chi connectivity index (χ0v) is 9.05. The monoisotopic (exact) mass is 184 g/mol. The van der Waals surface area contributed by atoms with Gasteiger partial charge >= 0.3 is 0 Å². The van der Waals surface area contributed by atoms with Crippen LogP contribution in [0.25, 0.3) is 0 Å². The highest BCUT2D eigenvalue weighted by molar-refractivity contribution is 5.87. The fraction of sp³-hybridized carbons (Fsp3) is 0.909. The van der Waals surface area contributed by atoms with Crippen LogP contribution in [0.15, 0.2) is 0 Å². The molecule has 2 atom stereocenters. The molecule has 1 N–H and O–H groups in total. The van der Waals surface area contributed by atoms with Crippen LogP contribution in [0.4, 0.5) is 0 Å². The molecule has 0 heterocycles. The van der Waals surface area contributed by atoms with E-state index in [4.69, 9.17) is 0 Å². The van der Waals surface area contributed by atoms with Gasteiger partial charge in [0.15, 0.2) is 5.78 Å². The lowest BCUT2D eigenvalue weighted by atomic mass is 9.67. The number of carbonyl (C=O) groups is 1. The van der Waals surface area contributed by atoms with E-state index in [9.17, 15) is 9.90 Å². The van der Waals surface area contributed by atoms with Gasteiger partial charge in [-0.1, -0.05) is 20.8 Å². The lowest BCUT2D eigenvalue weighted by Gasteiger charge is -2.39. The maximum Gasteiger partial charge on any atom is 0.164 e. The molecule has 0 aromatic carbocycles. The standard InChI is InChI=1S/C11H20O2/c1-10(2,3)8-5-6-9(12)11(4,13)7-8/h8,13H,5-7H2,1-4H3. The summed E-state index contributed by atoms with van der Waals surface area (Å²) < 4.78 is 0. The van der Waals surface area contributed by atoms with E-state index >= 15 is 0 Å². The van der Waals surface area contributed by atoms with Crippen LogP contribution in [0.2, 0.25) is 0 Å². The van der Waals surface area contributed by atoms with Crippen LogP contribution in [-0.2, 0) is 4.79 Å². The predicted octanol–water partition coefficient (Wildman–Crippen LogP) is 2.15. The molecule has 2 heteroatoms. The average molecular weight is 184 g/mol. The number of hydrogen-bond donors (Lipinski definition) is 1. The van der Waals surface area contributed by atoms with Crippen molar-refractivity contribution in [3.63, 3.8) is 0 Å². The Bertz CT molecular complexity index is 211. The Kier molecular flexibility index (Phi) is 2.54. The van der Waals surface area contributed by atoms with E-state index in [-0.39, 0.29) is 11.2 Å². The molecule has 1 aliphatic rings. The summed E-state index contributed by atoms with van der Waals surface area (Å²) in [5, 5.41) is 9.83. The fourth-order valence-electron chi connectivity index (χ4n) is 2.01. The molecule has 0 amide bonds. The second kappa shape index (κ2) is 3.09. The molecular weight excluding hydrogens is 164 g/mol. The molecule has 13 heavy (non-hydrogen) atoms. The van der Waals surface area contributed by atoms with Crippen molar-refractivity contribution in [2.75, 3.05) is 0 Å². The minimum Gasteiger partial charge on any atom is -0.382 e. The normalized spacial score (nSPS) is 36.4. The summed E-state index contributed by atoms with van der Waals surface area (Å²) in [7, 11) is 0. The summed E-state index contributed by atoms with van der Waals surface area (Å²) in [6.07, 6.45) is 2.09. The minimum atomic E-state index is -1.07. The lowest BCUT2D eigenvalue weighted by molar-refractivity contribution is -0.143. The molecule has 2 nitrogen and oxygen atoms in total. The lowest BCUT2D eigenvalue weighted by Crippen LogP contribution is -2.44. The molecule has 1 saturated carbocycles. The number of aliphatic hydroxyl groups is 1. The molecular formula is C11H20O2. The van der Waals surface area contributed by atoms with Gasteiger partial charge in [0.25, 0.3) is 0 Å². The van der Waals surface area contributed by atoms with Gasteiger partial charge in [0, 0.05) is 6.42 Å². The first-order valence-electron chi connectivity index (χ1n) is 4.99. The highest BCUT2D eigenvalue weighted by Gasteiger charge is 2.41. The molecule has 0 spiro atoms. The first kappa shape index (κ1) is 10.7. The maximum absolute atomic E-state index is 11.3. The Labute approximate surface area is 80.3 Å².